The van der Waals surface area contributed by atoms with E-state index >= 15 is 0 Å². The molecular weight excluding hydrogens is 369 g/mol. The Labute approximate surface area is 122 Å². The van der Waals surface area contributed by atoms with Crippen LogP contribution in [0.25, 0.3) is 0 Å². The largest absolute Gasteiger partial charge is 0.480 e. The zero-order valence-corrected chi connectivity index (χ0v) is 12.4. The second kappa shape index (κ2) is 7.49. The fourth-order valence-corrected chi connectivity index (χ4v) is 2.44. The zero-order valence-electron chi connectivity index (χ0n) is 9.39. The summed E-state index contributed by atoms with van der Waals surface area (Å²) in [5.74, 6) is -1.54. The predicted molar refractivity (Wildman–Crippen MR) is 76.9 cm³/mol. The van der Waals surface area contributed by atoms with Crippen LogP contribution in [0.2, 0.25) is 0 Å². The normalized spacial score (nSPS) is 11.8. The number of hydrogen-bond donors (Lipinski definition) is 2. The molecule has 98 valence electrons. The number of ether oxygens (including phenoxy) is 1. The molecule has 0 aromatic carbocycles. The molecule has 0 saturated heterocycles. The Morgan fingerprint density at radius 3 is 2.89 bits per heavy atom. The smallest absolute Gasteiger partial charge is 0.328 e. The van der Waals surface area contributed by atoms with Crippen LogP contribution in [0.15, 0.2) is 24.1 Å². The van der Waals surface area contributed by atoms with Gasteiger partial charge in [-0.05, 0) is 28.7 Å². The van der Waals surface area contributed by atoms with Crippen LogP contribution in [-0.2, 0) is 9.53 Å². The van der Waals surface area contributed by atoms with Gasteiger partial charge in [-0.1, -0.05) is 6.08 Å². The van der Waals surface area contributed by atoms with Gasteiger partial charge in [0, 0.05) is 5.38 Å². The summed E-state index contributed by atoms with van der Waals surface area (Å²) in [6, 6.07) is 0.638. The summed E-state index contributed by atoms with van der Waals surface area (Å²) in [6.45, 7) is 3.61. The van der Waals surface area contributed by atoms with Crippen molar-refractivity contribution in [1.29, 1.82) is 0 Å². The standard InChI is InChI=1S/C11H12INO4S/c1-2-3-17-5-8(11(15)16)13-10(14)7-4-9(12)18-6-7/h2,4,6,8H,1,3,5H2,(H,13,14)(H,15,16). The van der Waals surface area contributed by atoms with E-state index in [9.17, 15) is 9.59 Å². The van der Waals surface area contributed by atoms with Crippen molar-refractivity contribution in [2.24, 2.45) is 0 Å². The molecule has 2 N–H and O–H groups in total. The Morgan fingerprint density at radius 2 is 2.39 bits per heavy atom. The Hall–Kier alpha value is -0.930. The van der Waals surface area contributed by atoms with Crippen LogP contribution < -0.4 is 5.32 Å². The number of carbonyl (C=O) groups is 2. The quantitative estimate of drug-likeness (QED) is 0.429. The predicted octanol–water partition coefficient (Wildman–Crippen LogP) is 1.74. The van der Waals surface area contributed by atoms with Crippen LogP contribution in [0, 0.1) is 2.88 Å². The van der Waals surface area contributed by atoms with Gasteiger partial charge in [0.15, 0.2) is 6.04 Å². The maximum atomic E-state index is 11.8. The fraction of sp³-hybridized carbons (Fsp3) is 0.273. The summed E-state index contributed by atoms with van der Waals surface area (Å²) < 4.78 is 6.00. The summed E-state index contributed by atoms with van der Waals surface area (Å²) in [5.41, 5.74) is 0.458. The molecule has 7 heteroatoms. The minimum absolute atomic E-state index is 0.0890. The van der Waals surface area contributed by atoms with Crippen molar-refractivity contribution >= 4 is 45.8 Å². The molecule has 18 heavy (non-hydrogen) atoms. The molecule has 1 heterocycles. The number of carboxylic acid groups (broad SMARTS) is 1. The minimum Gasteiger partial charge on any atom is -0.480 e. The van der Waals surface area contributed by atoms with Gasteiger partial charge in [0.1, 0.15) is 0 Å². The van der Waals surface area contributed by atoms with Gasteiger partial charge in [0.2, 0.25) is 0 Å². The highest BCUT2D eigenvalue weighted by Crippen LogP contribution is 2.16. The number of nitrogens with one attached hydrogen (secondary N) is 1. The lowest BCUT2D eigenvalue weighted by molar-refractivity contribution is -0.140. The summed E-state index contributed by atoms with van der Waals surface area (Å²) in [4.78, 5) is 22.7. The van der Waals surface area contributed by atoms with Gasteiger partial charge >= 0.3 is 5.97 Å². The number of rotatable bonds is 7. The topological polar surface area (TPSA) is 75.6 Å². The van der Waals surface area contributed by atoms with Crippen LogP contribution in [0.4, 0.5) is 0 Å². The minimum atomic E-state index is -1.13. The summed E-state index contributed by atoms with van der Waals surface area (Å²) in [6.07, 6.45) is 1.52. The first-order valence-corrected chi connectivity index (χ1v) is 6.96. The van der Waals surface area contributed by atoms with Crippen molar-refractivity contribution in [2.75, 3.05) is 13.2 Å². The van der Waals surface area contributed by atoms with Crippen LogP contribution in [0.5, 0.6) is 0 Å². The summed E-state index contributed by atoms with van der Waals surface area (Å²) in [5, 5.41) is 13.0. The third kappa shape index (κ3) is 4.75. The van der Waals surface area contributed by atoms with Crippen LogP contribution in [-0.4, -0.2) is 36.2 Å². The molecule has 1 atom stereocenters. The van der Waals surface area contributed by atoms with Crippen molar-refractivity contribution in [2.45, 2.75) is 6.04 Å². The number of halogens is 1. The van der Waals surface area contributed by atoms with Gasteiger partial charge in [0.05, 0.1) is 21.7 Å². The maximum absolute atomic E-state index is 11.8. The lowest BCUT2D eigenvalue weighted by Gasteiger charge is -2.13. The van der Waals surface area contributed by atoms with Gasteiger partial charge in [-0.2, -0.15) is 0 Å². The molecule has 0 aliphatic rings. The number of carboxylic acids is 1. The van der Waals surface area contributed by atoms with E-state index in [1.807, 2.05) is 0 Å². The molecule has 1 amide bonds. The first kappa shape index (κ1) is 15.1. The average molecular weight is 381 g/mol. The van der Waals surface area contributed by atoms with Crippen molar-refractivity contribution in [1.82, 2.24) is 5.32 Å². The van der Waals surface area contributed by atoms with E-state index in [1.54, 1.807) is 11.4 Å². The molecule has 1 unspecified atom stereocenters. The molecule has 1 aromatic heterocycles. The van der Waals surface area contributed by atoms with E-state index in [4.69, 9.17) is 9.84 Å². The Kier molecular flexibility index (Phi) is 6.30. The van der Waals surface area contributed by atoms with Crippen LogP contribution >= 0.6 is 33.9 Å². The molecule has 0 aliphatic carbocycles. The SMILES string of the molecule is C=CCOCC(NC(=O)c1csc(I)c1)C(=O)O. The molecule has 0 bridgehead atoms. The molecule has 0 aliphatic heterocycles. The number of amides is 1. The summed E-state index contributed by atoms with van der Waals surface area (Å²) >= 11 is 3.52. The van der Waals surface area contributed by atoms with Gasteiger partial charge in [-0.3, -0.25) is 4.79 Å². The molecular formula is C11H12INO4S. The van der Waals surface area contributed by atoms with E-state index < -0.39 is 17.9 Å². The van der Waals surface area contributed by atoms with Crippen molar-refractivity contribution in [3.63, 3.8) is 0 Å². The van der Waals surface area contributed by atoms with Crippen molar-refractivity contribution < 1.29 is 19.4 Å². The van der Waals surface area contributed by atoms with Gasteiger partial charge in [-0.25, -0.2) is 4.79 Å². The van der Waals surface area contributed by atoms with Gasteiger partial charge < -0.3 is 15.2 Å². The highest BCUT2D eigenvalue weighted by Gasteiger charge is 2.21. The highest BCUT2D eigenvalue weighted by atomic mass is 127. The second-order valence-corrected chi connectivity index (χ2v) is 6.14. The molecule has 0 fully saturated rings. The van der Waals surface area contributed by atoms with Crippen molar-refractivity contribution in [3.8, 4) is 0 Å². The van der Waals surface area contributed by atoms with Gasteiger partial charge in [0.25, 0.3) is 5.91 Å². The van der Waals surface area contributed by atoms with Crippen molar-refractivity contribution in [3.05, 3.63) is 32.5 Å². The number of hydrogen-bond acceptors (Lipinski definition) is 4. The number of aliphatic carboxylic acids is 1. The van der Waals surface area contributed by atoms with E-state index in [2.05, 4.69) is 34.5 Å². The first-order chi connectivity index (χ1) is 8.54. The van der Waals surface area contributed by atoms with E-state index in [1.165, 1.54) is 17.4 Å². The molecule has 1 rings (SSSR count). The molecule has 0 radical (unpaired) electrons. The van der Waals surface area contributed by atoms with E-state index in [0.29, 0.717) is 5.56 Å². The van der Waals surface area contributed by atoms with Crippen LogP contribution in [0.3, 0.4) is 0 Å². The Bertz CT molecular complexity index is 446. The van der Waals surface area contributed by atoms with E-state index in [0.717, 1.165) is 2.88 Å². The molecule has 5 nitrogen and oxygen atoms in total. The summed E-state index contributed by atoms with van der Waals surface area (Å²) in [7, 11) is 0. The lowest BCUT2D eigenvalue weighted by atomic mass is 10.2. The lowest BCUT2D eigenvalue weighted by Crippen LogP contribution is -2.43. The van der Waals surface area contributed by atoms with E-state index in [-0.39, 0.29) is 13.2 Å². The zero-order chi connectivity index (χ0) is 13.5. The maximum Gasteiger partial charge on any atom is 0.328 e. The van der Waals surface area contributed by atoms with Gasteiger partial charge in [-0.15, -0.1) is 17.9 Å². The number of carbonyl (C=O) groups excluding carboxylic acids is 1. The Morgan fingerprint density at radius 1 is 1.67 bits per heavy atom. The third-order valence-electron chi connectivity index (χ3n) is 1.95. The Balaban J connectivity index is 2.57. The third-order valence-corrected chi connectivity index (χ3v) is 3.74. The molecule has 1 aromatic rings. The average Bonchev–Trinajstić information content (AvgIpc) is 2.74. The highest BCUT2D eigenvalue weighted by molar-refractivity contribution is 14.1. The monoisotopic (exact) mass is 381 g/mol. The number of thiophene rings is 1. The molecule has 0 saturated carbocycles. The molecule has 0 spiro atoms. The first-order valence-electron chi connectivity index (χ1n) is 5.01. The van der Waals surface area contributed by atoms with Crippen LogP contribution in [0.1, 0.15) is 10.4 Å². The second-order valence-electron chi connectivity index (χ2n) is 3.33. The fourth-order valence-electron chi connectivity index (χ4n) is 1.11.